The number of fused-ring (bicyclic) bond motifs is 4. The van der Waals surface area contributed by atoms with Crippen LogP contribution < -0.4 is 4.74 Å². The summed E-state index contributed by atoms with van der Waals surface area (Å²) >= 11 is 0. The summed E-state index contributed by atoms with van der Waals surface area (Å²) in [6.45, 7) is 1.03. The van der Waals surface area contributed by atoms with E-state index < -0.39 is 0 Å². The van der Waals surface area contributed by atoms with Crippen LogP contribution in [0, 0.1) is 0 Å². The molecule has 2 heterocycles. The van der Waals surface area contributed by atoms with Crippen molar-refractivity contribution in [3.05, 3.63) is 94.0 Å². The predicted molar refractivity (Wildman–Crippen MR) is 112 cm³/mol. The molecule has 0 aromatic heterocycles. The monoisotopic (exact) mass is 387 g/mol. The molecule has 0 fully saturated rings. The van der Waals surface area contributed by atoms with Gasteiger partial charge in [0.25, 0.3) is 0 Å². The van der Waals surface area contributed by atoms with E-state index >= 15 is 0 Å². The van der Waals surface area contributed by atoms with Gasteiger partial charge in [-0.15, -0.1) is 0 Å². The Labute approximate surface area is 171 Å². The van der Waals surface area contributed by atoms with Crippen molar-refractivity contribution >= 4 is 0 Å². The number of methoxy groups -OCH3 is 1. The van der Waals surface area contributed by atoms with E-state index in [1.54, 1.807) is 7.11 Å². The van der Waals surface area contributed by atoms with Gasteiger partial charge in [0.2, 0.25) is 0 Å². The zero-order valence-corrected chi connectivity index (χ0v) is 16.5. The van der Waals surface area contributed by atoms with Crippen LogP contribution in [-0.4, -0.2) is 28.8 Å². The van der Waals surface area contributed by atoms with Crippen LogP contribution in [0.15, 0.2) is 60.7 Å². The molecule has 4 nitrogen and oxygen atoms in total. The van der Waals surface area contributed by atoms with Gasteiger partial charge in [0, 0.05) is 12.6 Å². The summed E-state index contributed by atoms with van der Waals surface area (Å²) in [6, 6.07) is 21.2. The molecule has 0 amide bonds. The first-order valence-corrected chi connectivity index (χ1v) is 10.1. The number of hydrogen-bond donors (Lipinski definition) is 2. The molecule has 148 valence electrons. The Morgan fingerprint density at radius 2 is 1.83 bits per heavy atom. The highest BCUT2D eigenvalue weighted by Gasteiger charge is 2.39. The van der Waals surface area contributed by atoms with Crippen LogP contribution in [0.2, 0.25) is 0 Å². The van der Waals surface area contributed by atoms with Crippen LogP contribution >= 0.6 is 0 Å². The molecule has 5 rings (SSSR count). The normalized spacial score (nSPS) is 20.5. The van der Waals surface area contributed by atoms with Crippen molar-refractivity contribution in [3.8, 4) is 11.5 Å². The highest BCUT2D eigenvalue weighted by atomic mass is 16.5. The molecular weight excluding hydrogens is 362 g/mol. The van der Waals surface area contributed by atoms with Gasteiger partial charge in [0.1, 0.15) is 0 Å². The number of phenols is 1. The summed E-state index contributed by atoms with van der Waals surface area (Å²) in [5.74, 6) is 0.714. The van der Waals surface area contributed by atoms with Crippen molar-refractivity contribution in [1.29, 1.82) is 0 Å². The van der Waals surface area contributed by atoms with E-state index in [1.807, 2.05) is 24.3 Å². The first-order valence-electron chi connectivity index (χ1n) is 10.1. The number of ether oxygens (including phenoxy) is 1. The van der Waals surface area contributed by atoms with Crippen LogP contribution in [0.5, 0.6) is 11.5 Å². The van der Waals surface area contributed by atoms with Crippen molar-refractivity contribution < 1.29 is 14.9 Å². The van der Waals surface area contributed by atoms with Crippen molar-refractivity contribution in [3.63, 3.8) is 0 Å². The number of aromatic hydroxyl groups is 1. The molecule has 3 aromatic rings. The summed E-state index contributed by atoms with van der Waals surface area (Å²) < 4.78 is 5.42. The van der Waals surface area contributed by atoms with Gasteiger partial charge in [-0.3, -0.25) is 4.90 Å². The van der Waals surface area contributed by atoms with Crippen LogP contribution in [0.3, 0.4) is 0 Å². The van der Waals surface area contributed by atoms with Gasteiger partial charge in [-0.05, 0) is 58.4 Å². The fourth-order valence-corrected chi connectivity index (χ4v) is 5.03. The van der Waals surface area contributed by atoms with E-state index in [4.69, 9.17) is 4.74 Å². The fraction of sp³-hybridized carbons (Fsp3) is 0.280. The SMILES string of the molecule is COc1cc2c(cc1O)C[C@H]1c3ccc(CO)cc3CCN1[C@H]2c1ccccc1. The summed E-state index contributed by atoms with van der Waals surface area (Å²) in [7, 11) is 1.60. The highest BCUT2D eigenvalue weighted by Crippen LogP contribution is 2.48. The Morgan fingerprint density at radius 3 is 2.59 bits per heavy atom. The first-order chi connectivity index (χ1) is 14.2. The molecule has 3 aromatic carbocycles. The van der Waals surface area contributed by atoms with E-state index in [0.717, 1.165) is 30.5 Å². The Morgan fingerprint density at radius 1 is 1.00 bits per heavy atom. The number of aliphatic hydroxyl groups is 1. The van der Waals surface area contributed by atoms with Crippen LogP contribution in [0.25, 0.3) is 0 Å². The minimum absolute atomic E-state index is 0.0742. The third-order valence-electron chi connectivity index (χ3n) is 6.38. The lowest BCUT2D eigenvalue weighted by atomic mass is 9.78. The average Bonchev–Trinajstić information content (AvgIpc) is 2.77. The maximum atomic E-state index is 10.4. The number of aliphatic hydroxyl groups excluding tert-OH is 1. The molecule has 0 radical (unpaired) electrons. The number of phenolic OH excluding ortho intramolecular Hbond substituents is 1. The van der Waals surface area contributed by atoms with Gasteiger partial charge in [0.15, 0.2) is 11.5 Å². The van der Waals surface area contributed by atoms with Crippen molar-refractivity contribution in [2.45, 2.75) is 31.5 Å². The first kappa shape index (κ1) is 18.2. The number of benzene rings is 3. The highest BCUT2D eigenvalue weighted by molar-refractivity contribution is 5.53. The summed E-state index contributed by atoms with van der Waals surface area (Å²) in [4.78, 5) is 2.58. The van der Waals surface area contributed by atoms with Crippen LogP contribution in [0.4, 0.5) is 0 Å². The van der Waals surface area contributed by atoms with E-state index in [9.17, 15) is 10.2 Å². The van der Waals surface area contributed by atoms with Crippen LogP contribution in [-0.2, 0) is 19.4 Å². The van der Waals surface area contributed by atoms with Gasteiger partial charge < -0.3 is 14.9 Å². The maximum Gasteiger partial charge on any atom is 0.160 e. The molecule has 2 aliphatic rings. The Bertz CT molecular complexity index is 1050. The van der Waals surface area contributed by atoms with Crippen molar-refractivity contribution in [2.24, 2.45) is 0 Å². The second kappa shape index (κ2) is 7.21. The Balaban J connectivity index is 1.68. The topological polar surface area (TPSA) is 52.9 Å². The van der Waals surface area contributed by atoms with Gasteiger partial charge in [0.05, 0.1) is 19.8 Å². The molecule has 2 atom stereocenters. The third-order valence-corrected chi connectivity index (χ3v) is 6.38. The summed E-state index contributed by atoms with van der Waals surface area (Å²) in [5, 5.41) is 19.9. The standard InChI is InChI=1S/C25H25NO3/c1-29-24-14-21-19(13-23(24)28)12-22-20-8-7-16(15-27)11-18(20)9-10-26(22)25(21)17-5-3-2-4-6-17/h2-8,11,13-14,22,25,27-28H,9-10,12,15H2,1H3/t22-,25-/m0/s1. The van der Waals surface area contributed by atoms with Crippen molar-refractivity contribution in [2.75, 3.05) is 13.7 Å². The van der Waals surface area contributed by atoms with E-state index in [2.05, 4.69) is 41.3 Å². The predicted octanol–water partition coefficient (Wildman–Crippen LogP) is 4.14. The molecule has 0 unspecified atom stereocenters. The second-order valence-corrected chi connectivity index (χ2v) is 7.94. The van der Waals surface area contributed by atoms with Gasteiger partial charge in [-0.1, -0.05) is 48.5 Å². The number of nitrogens with zero attached hydrogens (tertiary/aromatic N) is 1. The van der Waals surface area contributed by atoms with Crippen molar-refractivity contribution in [1.82, 2.24) is 4.90 Å². The minimum atomic E-state index is 0.0742. The summed E-state index contributed by atoms with van der Waals surface area (Å²) in [6.07, 6.45) is 1.81. The molecular formula is C25H25NO3. The lowest BCUT2D eigenvalue weighted by molar-refractivity contribution is 0.128. The molecule has 29 heavy (non-hydrogen) atoms. The Kier molecular flexibility index (Phi) is 4.53. The molecule has 0 saturated carbocycles. The zero-order chi connectivity index (χ0) is 20.0. The largest absolute Gasteiger partial charge is 0.504 e. The molecule has 0 bridgehead atoms. The molecule has 4 heteroatoms. The molecule has 0 spiro atoms. The average molecular weight is 387 g/mol. The molecule has 0 saturated heterocycles. The minimum Gasteiger partial charge on any atom is -0.504 e. The molecule has 2 aliphatic heterocycles. The van der Waals surface area contributed by atoms with Crippen LogP contribution in [0.1, 0.15) is 45.5 Å². The van der Waals surface area contributed by atoms with Gasteiger partial charge >= 0.3 is 0 Å². The number of hydrogen-bond acceptors (Lipinski definition) is 4. The smallest absolute Gasteiger partial charge is 0.160 e. The third kappa shape index (κ3) is 3.00. The lowest BCUT2D eigenvalue weighted by Crippen LogP contribution is -2.43. The van der Waals surface area contributed by atoms with E-state index in [1.165, 1.54) is 22.3 Å². The lowest BCUT2D eigenvalue weighted by Gasteiger charge is -2.47. The number of rotatable bonds is 3. The maximum absolute atomic E-state index is 10.4. The van der Waals surface area contributed by atoms with Gasteiger partial charge in [-0.2, -0.15) is 0 Å². The quantitative estimate of drug-likeness (QED) is 0.709. The molecule has 0 aliphatic carbocycles. The fourth-order valence-electron chi connectivity index (χ4n) is 5.03. The summed E-state index contributed by atoms with van der Waals surface area (Å²) in [5.41, 5.74) is 7.24. The molecule has 2 N–H and O–H groups in total. The second-order valence-electron chi connectivity index (χ2n) is 7.94. The van der Waals surface area contributed by atoms with E-state index in [-0.39, 0.29) is 24.4 Å². The van der Waals surface area contributed by atoms with E-state index in [0.29, 0.717) is 5.75 Å². The zero-order valence-electron chi connectivity index (χ0n) is 16.5. The van der Waals surface area contributed by atoms with Gasteiger partial charge in [-0.25, -0.2) is 0 Å². The Hall–Kier alpha value is -2.82.